The van der Waals surface area contributed by atoms with Crippen LogP contribution in [-0.2, 0) is 6.18 Å². The molecule has 0 aliphatic rings. The van der Waals surface area contributed by atoms with Crippen LogP contribution in [0.3, 0.4) is 0 Å². The normalized spacial score (nSPS) is 11.2. The zero-order valence-electron chi connectivity index (χ0n) is 10.5. The molecule has 2 aromatic rings. The predicted octanol–water partition coefficient (Wildman–Crippen LogP) is 2.70. The summed E-state index contributed by atoms with van der Waals surface area (Å²) in [7, 11) is 0. The summed E-state index contributed by atoms with van der Waals surface area (Å²) < 4.78 is 39.2. The van der Waals surface area contributed by atoms with E-state index in [9.17, 15) is 18.0 Å². The Morgan fingerprint density at radius 2 is 2.09 bits per heavy atom. The number of carbonyl (C=O) groups is 1. The van der Waals surface area contributed by atoms with Gasteiger partial charge in [0.2, 0.25) is 0 Å². The quantitative estimate of drug-likeness (QED) is 0.880. The largest absolute Gasteiger partial charge is 0.476 e. The van der Waals surface area contributed by atoms with Crippen molar-refractivity contribution < 1.29 is 23.1 Å². The van der Waals surface area contributed by atoms with Crippen LogP contribution >= 0.6 is 11.6 Å². The van der Waals surface area contributed by atoms with Gasteiger partial charge in [-0.15, -0.1) is 0 Å². The Morgan fingerprint density at radius 3 is 2.55 bits per heavy atom. The lowest BCUT2D eigenvalue weighted by atomic mass is 10.2. The Kier molecular flexibility index (Phi) is 3.72. The number of carboxylic acids is 1. The first-order valence-electron chi connectivity index (χ1n) is 5.55. The first-order valence-corrected chi connectivity index (χ1v) is 5.93. The maximum absolute atomic E-state index is 12.8. The van der Waals surface area contributed by atoms with Crippen molar-refractivity contribution in [3.8, 4) is 11.8 Å². The van der Waals surface area contributed by atoms with Gasteiger partial charge >= 0.3 is 12.1 Å². The Balaban J connectivity index is 2.69. The smallest absolute Gasteiger partial charge is 0.417 e. The molecule has 0 spiro atoms. The van der Waals surface area contributed by atoms with Crippen molar-refractivity contribution in [2.75, 3.05) is 5.73 Å². The minimum atomic E-state index is -4.71. The van der Waals surface area contributed by atoms with Crippen molar-refractivity contribution in [2.45, 2.75) is 6.18 Å². The van der Waals surface area contributed by atoms with E-state index in [-0.39, 0.29) is 11.5 Å². The number of aromatic carboxylic acids is 1. The third-order valence-electron chi connectivity index (χ3n) is 2.74. The van der Waals surface area contributed by atoms with Crippen LogP contribution in [0.4, 0.5) is 19.0 Å². The molecule has 0 unspecified atom stereocenters. The monoisotopic (exact) mass is 330 g/mol. The van der Waals surface area contributed by atoms with E-state index in [2.05, 4.69) is 5.10 Å². The molecule has 1 aromatic heterocycles. The average molecular weight is 331 g/mol. The second-order valence-electron chi connectivity index (χ2n) is 4.10. The number of anilines is 1. The summed E-state index contributed by atoms with van der Waals surface area (Å²) in [5, 5.41) is 20.8. The number of hydrogen-bond donors (Lipinski definition) is 2. The lowest BCUT2D eigenvalue weighted by molar-refractivity contribution is -0.137. The first-order chi connectivity index (χ1) is 10.2. The Morgan fingerprint density at radius 1 is 1.45 bits per heavy atom. The first kappa shape index (κ1) is 15.7. The highest BCUT2D eigenvalue weighted by molar-refractivity contribution is 6.31. The van der Waals surface area contributed by atoms with Gasteiger partial charge in [0.15, 0.2) is 5.69 Å². The van der Waals surface area contributed by atoms with E-state index in [1.807, 2.05) is 0 Å². The molecule has 1 heterocycles. The molecule has 10 heteroatoms. The van der Waals surface area contributed by atoms with Crippen LogP contribution in [-0.4, -0.2) is 20.9 Å². The average Bonchev–Trinajstić information content (AvgIpc) is 2.75. The lowest BCUT2D eigenvalue weighted by Gasteiger charge is -2.11. The fourth-order valence-corrected chi connectivity index (χ4v) is 1.97. The molecule has 0 saturated heterocycles. The number of nitrogens with two attached hydrogens (primary N) is 1. The Bertz CT molecular complexity index is 808. The summed E-state index contributed by atoms with van der Waals surface area (Å²) in [5.74, 6) is -1.90. The maximum Gasteiger partial charge on any atom is 0.417 e. The molecule has 0 aliphatic heterocycles. The van der Waals surface area contributed by atoms with E-state index in [1.165, 1.54) is 6.07 Å². The summed E-state index contributed by atoms with van der Waals surface area (Å²) in [6.45, 7) is 0. The van der Waals surface area contributed by atoms with E-state index >= 15 is 0 Å². The number of nitriles is 1. The number of nitrogens with zero attached hydrogens (tertiary/aromatic N) is 3. The molecule has 1 aromatic carbocycles. The number of alkyl halides is 3. The zero-order chi connectivity index (χ0) is 16.7. The molecule has 6 nitrogen and oxygen atoms in total. The number of benzene rings is 1. The van der Waals surface area contributed by atoms with E-state index in [0.717, 1.165) is 10.7 Å². The molecule has 3 N–H and O–H groups in total. The van der Waals surface area contributed by atoms with Crippen molar-refractivity contribution in [3.63, 3.8) is 0 Å². The van der Waals surface area contributed by atoms with E-state index in [0.29, 0.717) is 6.07 Å². The molecule has 2 rings (SSSR count). The van der Waals surface area contributed by atoms with E-state index < -0.39 is 34.0 Å². The fraction of sp³-hybridized carbons (Fsp3) is 0.0833. The van der Waals surface area contributed by atoms with Crippen LogP contribution in [0.2, 0.25) is 5.02 Å². The van der Waals surface area contributed by atoms with Crippen molar-refractivity contribution in [3.05, 3.63) is 40.0 Å². The summed E-state index contributed by atoms with van der Waals surface area (Å²) in [6.07, 6.45) is -4.71. The topological polar surface area (TPSA) is 105 Å². The summed E-state index contributed by atoms with van der Waals surface area (Å²) in [6, 6.07) is 4.37. The van der Waals surface area contributed by atoms with Crippen LogP contribution in [0.15, 0.2) is 18.2 Å². The van der Waals surface area contributed by atoms with Crippen LogP contribution < -0.4 is 5.73 Å². The molecule has 22 heavy (non-hydrogen) atoms. The van der Waals surface area contributed by atoms with E-state index in [4.69, 9.17) is 27.7 Å². The van der Waals surface area contributed by atoms with Crippen LogP contribution in [0.5, 0.6) is 0 Å². The van der Waals surface area contributed by atoms with Crippen LogP contribution in [0.1, 0.15) is 21.6 Å². The second-order valence-corrected chi connectivity index (χ2v) is 4.51. The number of hydrogen-bond acceptors (Lipinski definition) is 4. The summed E-state index contributed by atoms with van der Waals surface area (Å²) in [5.41, 5.74) is 3.20. The molecule has 114 valence electrons. The second kappa shape index (κ2) is 5.23. The minimum absolute atomic E-state index is 0.168. The third kappa shape index (κ3) is 2.56. The maximum atomic E-state index is 12.8. The summed E-state index contributed by atoms with van der Waals surface area (Å²) >= 11 is 5.49. The van der Waals surface area contributed by atoms with Gasteiger partial charge in [0, 0.05) is 0 Å². The van der Waals surface area contributed by atoms with Gasteiger partial charge in [-0.05, 0) is 18.2 Å². The number of aromatic nitrogens is 2. The number of halogens is 4. The van der Waals surface area contributed by atoms with Crippen molar-refractivity contribution in [1.82, 2.24) is 9.78 Å². The van der Waals surface area contributed by atoms with Gasteiger partial charge in [0.05, 0.1) is 16.3 Å². The highest BCUT2D eigenvalue weighted by atomic mass is 35.5. The van der Waals surface area contributed by atoms with Gasteiger partial charge in [-0.2, -0.15) is 23.5 Å². The van der Waals surface area contributed by atoms with Gasteiger partial charge in [-0.25, -0.2) is 9.48 Å². The van der Waals surface area contributed by atoms with Crippen molar-refractivity contribution in [1.29, 1.82) is 5.26 Å². The molecule has 0 aliphatic carbocycles. The van der Waals surface area contributed by atoms with Crippen LogP contribution in [0.25, 0.3) is 5.69 Å². The SMILES string of the molecule is N#Cc1c(C(=O)O)nn(-c2ccc(Cl)c(C(F)(F)F)c2)c1N. The fourth-order valence-electron chi connectivity index (χ4n) is 1.75. The molecule has 0 bridgehead atoms. The van der Waals surface area contributed by atoms with Gasteiger partial charge in [-0.1, -0.05) is 11.6 Å². The molecular formula is C12H6ClF3N4O2. The zero-order valence-corrected chi connectivity index (χ0v) is 11.3. The van der Waals surface area contributed by atoms with Gasteiger partial charge < -0.3 is 10.8 Å². The minimum Gasteiger partial charge on any atom is -0.476 e. The molecule has 0 radical (unpaired) electrons. The van der Waals surface area contributed by atoms with Crippen molar-refractivity contribution >= 4 is 23.4 Å². The van der Waals surface area contributed by atoms with Crippen LogP contribution in [0, 0.1) is 11.3 Å². The lowest BCUT2D eigenvalue weighted by Crippen LogP contribution is -2.09. The van der Waals surface area contributed by atoms with Gasteiger partial charge in [0.1, 0.15) is 17.5 Å². The molecule has 0 atom stereocenters. The highest BCUT2D eigenvalue weighted by Gasteiger charge is 2.34. The molecule has 0 amide bonds. The van der Waals surface area contributed by atoms with E-state index in [1.54, 1.807) is 6.07 Å². The Labute approximate surface area is 126 Å². The number of rotatable bonds is 2. The number of nitrogen functional groups attached to an aromatic ring is 1. The molecule has 0 saturated carbocycles. The molecule has 0 fully saturated rings. The highest BCUT2D eigenvalue weighted by Crippen LogP contribution is 2.36. The van der Waals surface area contributed by atoms with Gasteiger partial charge in [0.25, 0.3) is 0 Å². The summed E-state index contributed by atoms with van der Waals surface area (Å²) in [4.78, 5) is 11.0. The molecular weight excluding hydrogens is 325 g/mol. The van der Waals surface area contributed by atoms with Crippen molar-refractivity contribution in [2.24, 2.45) is 0 Å². The Hall–Kier alpha value is -2.73. The predicted molar refractivity (Wildman–Crippen MR) is 69.7 cm³/mol. The number of carboxylic acid groups (broad SMARTS) is 1. The van der Waals surface area contributed by atoms with Gasteiger partial charge in [-0.3, -0.25) is 0 Å². The third-order valence-corrected chi connectivity index (χ3v) is 3.07. The standard InChI is InChI=1S/C12H6ClF3N4O2/c13-8-2-1-5(3-7(8)12(14,15)16)20-10(18)6(4-17)9(19-20)11(21)22/h1-3H,18H2,(H,21,22).